The summed E-state index contributed by atoms with van der Waals surface area (Å²) in [5, 5.41) is 12.1. The number of amides is 1. The van der Waals surface area contributed by atoms with E-state index in [-0.39, 0.29) is 39.8 Å². The fraction of sp³-hybridized carbons (Fsp3) is 0.429. The molecule has 33 heavy (non-hydrogen) atoms. The number of halogens is 3. The maximum absolute atomic E-state index is 14.7. The Hall–Kier alpha value is -3.21. The van der Waals surface area contributed by atoms with Crippen LogP contribution < -0.4 is 19.9 Å². The lowest BCUT2D eigenvalue weighted by atomic mass is 10.2. The Bertz CT molecular complexity index is 1110. The highest BCUT2D eigenvalue weighted by Crippen LogP contribution is 2.40. The van der Waals surface area contributed by atoms with Crippen molar-refractivity contribution in [1.82, 2.24) is 9.97 Å². The van der Waals surface area contributed by atoms with E-state index in [1.807, 2.05) is 0 Å². The summed E-state index contributed by atoms with van der Waals surface area (Å²) < 4.78 is 34.6. The number of ether oxygens (including phenoxy) is 1. The first-order chi connectivity index (χ1) is 15.6. The van der Waals surface area contributed by atoms with Crippen molar-refractivity contribution in [1.29, 1.82) is 0 Å². The number of carboxylic acid groups (broad SMARTS) is 1. The van der Waals surface area contributed by atoms with E-state index in [1.165, 1.54) is 37.4 Å². The Balaban J connectivity index is 1.76. The van der Waals surface area contributed by atoms with Crippen LogP contribution in [0.25, 0.3) is 0 Å². The molecule has 0 saturated heterocycles. The molecule has 176 valence electrons. The van der Waals surface area contributed by atoms with Crippen LogP contribution in [0.15, 0.2) is 18.3 Å². The van der Waals surface area contributed by atoms with E-state index in [0.29, 0.717) is 5.69 Å². The zero-order valence-electron chi connectivity index (χ0n) is 17.9. The van der Waals surface area contributed by atoms with Gasteiger partial charge in [0, 0.05) is 13.1 Å². The molecule has 1 fully saturated rings. The zero-order valence-corrected chi connectivity index (χ0v) is 18.7. The lowest BCUT2D eigenvalue weighted by Gasteiger charge is -2.31. The minimum atomic E-state index is -3.57. The van der Waals surface area contributed by atoms with Crippen molar-refractivity contribution in [2.45, 2.75) is 37.6 Å². The largest absolute Gasteiger partial charge is 0.495 e. The molecule has 9 nitrogen and oxygen atoms in total. The van der Waals surface area contributed by atoms with Crippen LogP contribution in [0.1, 0.15) is 36.0 Å². The summed E-state index contributed by atoms with van der Waals surface area (Å²) >= 11 is 6.08. The Kier molecular flexibility index (Phi) is 6.00. The number of carboxylic acids is 1. The summed E-state index contributed by atoms with van der Waals surface area (Å²) in [7, 11) is 2.64. The van der Waals surface area contributed by atoms with Crippen molar-refractivity contribution < 1.29 is 28.2 Å². The molecule has 2 heterocycles. The number of carbonyl (C=O) groups is 2. The number of hydrogen-bond donors (Lipinski definition) is 2. The molecular formula is C21H22ClF2N5O4. The third kappa shape index (κ3) is 4.24. The van der Waals surface area contributed by atoms with Crippen LogP contribution in [0.2, 0.25) is 5.02 Å². The Morgan fingerprint density at radius 2 is 2.03 bits per heavy atom. The lowest BCUT2D eigenvalue weighted by molar-refractivity contribution is -0.140. The van der Waals surface area contributed by atoms with Crippen LogP contribution in [0.5, 0.6) is 5.75 Å². The Morgan fingerprint density at radius 1 is 1.33 bits per heavy atom. The van der Waals surface area contributed by atoms with Crippen molar-refractivity contribution in [3.8, 4) is 5.75 Å². The average molecular weight is 482 g/mol. The third-order valence-electron chi connectivity index (χ3n) is 5.90. The second kappa shape index (κ2) is 8.62. The van der Waals surface area contributed by atoms with Gasteiger partial charge < -0.3 is 25.0 Å². The molecule has 1 aromatic carbocycles. The van der Waals surface area contributed by atoms with Gasteiger partial charge in [0.25, 0.3) is 5.91 Å². The van der Waals surface area contributed by atoms with E-state index in [4.69, 9.17) is 16.3 Å². The molecule has 2 N–H and O–H groups in total. The Labute approximate surface area is 193 Å². The normalized spacial score (nSPS) is 18.2. The van der Waals surface area contributed by atoms with Crippen LogP contribution in [0.3, 0.4) is 0 Å². The molecule has 1 aliphatic heterocycles. The average Bonchev–Trinajstić information content (AvgIpc) is 3.29. The first-order valence-corrected chi connectivity index (χ1v) is 10.7. The van der Waals surface area contributed by atoms with Gasteiger partial charge in [-0.2, -0.15) is 13.8 Å². The Morgan fingerprint density at radius 3 is 2.67 bits per heavy atom. The van der Waals surface area contributed by atoms with Crippen molar-refractivity contribution >= 4 is 46.6 Å². The number of carbonyl (C=O) groups excluding carboxylic acids is 1. The number of aromatic nitrogens is 2. The molecule has 1 amide bonds. The number of nitrogens with one attached hydrogen (secondary N) is 1. The van der Waals surface area contributed by atoms with E-state index in [1.54, 1.807) is 0 Å². The number of methoxy groups -OCH3 is 1. The lowest BCUT2D eigenvalue weighted by Crippen LogP contribution is -2.48. The van der Waals surface area contributed by atoms with E-state index in [9.17, 15) is 23.5 Å². The molecule has 2 aliphatic rings. The van der Waals surface area contributed by atoms with Crippen molar-refractivity contribution in [2.75, 3.05) is 35.8 Å². The minimum absolute atomic E-state index is 0.0295. The van der Waals surface area contributed by atoms with Gasteiger partial charge in [-0.25, -0.2) is 9.78 Å². The first-order valence-electron chi connectivity index (χ1n) is 10.3. The fourth-order valence-corrected chi connectivity index (χ4v) is 4.45. The van der Waals surface area contributed by atoms with Gasteiger partial charge in [-0.3, -0.25) is 4.79 Å². The molecule has 0 bridgehead atoms. The molecule has 1 aromatic heterocycles. The molecule has 1 aliphatic carbocycles. The predicted octanol–water partition coefficient (Wildman–Crippen LogP) is 3.94. The van der Waals surface area contributed by atoms with Crippen molar-refractivity contribution in [3.63, 3.8) is 0 Å². The van der Waals surface area contributed by atoms with Crippen molar-refractivity contribution in [3.05, 3.63) is 28.9 Å². The molecule has 4 rings (SSSR count). The van der Waals surface area contributed by atoms with E-state index >= 15 is 0 Å². The molecular weight excluding hydrogens is 460 g/mol. The fourth-order valence-electron chi connectivity index (χ4n) is 4.21. The highest BCUT2D eigenvalue weighted by Gasteiger charge is 2.48. The molecule has 0 atom stereocenters. The molecule has 12 heteroatoms. The highest BCUT2D eigenvalue weighted by atomic mass is 35.5. The van der Waals surface area contributed by atoms with Crippen LogP contribution >= 0.6 is 11.6 Å². The minimum Gasteiger partial charge on any atom is -0.495 e. The van der Waals surface area contributed by atoms with E-state index in [2.05, 4.69) is 15.3 Å². The summed E-state index contributed by atoms with van der Waals surface area (Å²) in [4.78, 5) is 34.7. The van der Waals surface area contributed by atoms with Gasteiger partial charge in [-0.15, -0.1) is 0 Å². The topological polar surface area (TPSA) is 108 Å². The second-order valence-electron chi connectivity index (χ2n) is 8.00. The standard InChI is InChI=1S/C21H22ClF2N5O4/c1-28-15-9-25-20(26-14-8-13(22)12(18(30)31)7-16(14)33-2)27-17(15)29(11-5-3-4-6-11)10-21(23,24)19(28)32/h7-9,11H,3-6,10H2,1-2H3,(H,30,31)(H,25,26,27). The van der Waals surface area contributed by atoms with Gasteiger partial charge in [0.15, 0.2) is 5.82 Å². The summed E-state index contributed by atoms with van der Waals surface area (Å²) in [5.41, 5.74) is 0.334. The van der Waals surface area contributed by atoms with Gasteiger partial charge in [0.1, 0.15) is 11.4 Å². The van der Waals surface area contributed by atoms with E-state index < -0.39 is 24.3 Å². The third-order valence-corrected chi connectivity index (χ3v) is 6.21. The number of alkyl halides is 2. The zero-order chi connectivity index (χ0) is 23.9. The van der Waals surface area contributed by atoms with Gasteiger partial charge in [0.05, 0.1) is 36.1 Å². The molecule has 2 aromatic rings. The van der Waals surface area contributed by atoms with Crippen LogP contribution in [0.4, 0.5) is 31.9 Å². The number of anilines is 4. The number of rotatable bonds is 5. The quantitative estimate of drug-likeness (QED) is 0.661. The van der Waals surface area contributed by atoms with Gasteiger partial charge in [-0.1, -0.05) is 24.4 Å². The number of aromatic carboxylic acids is 1. The number of hydrogen-bond acceptors (Lipinski definition) is 7. The molecule has 1 saturated carbocycles. The van der Waals surface area contributed by atoms with Crippen LogP contribution in [0, 0.1) is 0 Å². The SMILES string of the molecule is COc1cc(C(=O)O)c(Cl)cc1Nc1ncc2c(n1)N(C1CCCC1)CC(F)(F)C(=O)N2C. The highest BCUT2D eigenvalue weighted by molar-refractivity contribution is 6.34. The number of benzene rings is 1. The van der Waals surface area contributed by atoms with Gasteiger partial charge >= 0.3 is 11.9 Å². The second-order valence-corrected chi connectivity index (χ2v) is 8.41. The van der Waals surface area contributed by atoms with Gasteiger partial charge in [-0.05, 0) is 25.0 Å². The maximum Gasteiger partial charge on any atom is 0.342 e. The maximum atomic E-state index is 14.7. The summed E-state index contributed by atoms with van der Waals surface area (Å²) in [6.45, 7) is -0.771. The number of fused-ring (bicyclic) bond motifs is 1. The molecule has 0 unspecified atom stereocenters. The number of nitrogens with zero attached hydrogens (tertiary/aromatic N) is 4. The van der Waals surface area contributed by atoms with Crippen LogP contribution in [-0.2, 0) is 4.79 Å². The molecule has 0 radical (unpaired) electrons. The first kappa shape index (κ1) is 23.0. The molecule has 0 spiro atoms. The summed E-state index contributed by atoms with van der Waals surface area (Å²) in [5.74, 6) is -5.64. The smallest absolute Gasteiger partial charge is 0.342 e. The van der Waals surface area contributed by atoms with Crippen molar-refractivity contribution in [2.24, 2.45) is 0 Å². The van der Waals surface area contributed by atoms with E-state index in [0.717, 1.165) is 30.6 Å². The monoisotopic (exact) mass is 481 g/mol. The summed E-state index contributed by atoms with van der Waals surface area (Å²) in [6.07, 6.45) is 4.58. The predicted molar refractivity (Wildman–Crippen MR) is 118 cm³/mol. The van der Waals surface area contributed by atoms with Crippen LogP contribution in [-0.4, -0.2) is 59.6 Å². The summed E-state index contributed by atoms with van der Waals surface area (Å²) in [6, 6.07) is 2.45. The van der Waals surface area contributed by atoms with Gasteiger partial charge in [0.2, 0.25) is 5.95 Å².